The number of carboxylic acid groups (broad SMARTS) is 1. The van der Waals surface area contributed by atoms with Crippen molar-refractivity contribution in [2.45, 2.75) is 176 Å². The van der Waals surface area contributed by atoms with Crippen molar-refractivity contribution in [2.24, 2.45) is 61.0 Å². The third-order valence-corrected chi connectivity index (χ3v) is 18.2. The monoisotopic (exact) mass is 1310 g/mol. The topological polar surface area (TPSA) is 515 Å². The Balaban J connectivity index is 1.05. The number of amides is 9. The Hall–Kier alpha value is -9.17. The zero-order chi connectivity index (χ0) is 68.3. The molecule has 2 aromatic rings. The SMILES string of the molecule is CN(C(=O)CNC(=O)[C@@H]1C[C@@H](O)CN1C(=O)[C@@H]1CCCN1C(=O)[C@H](CCCN=C(N)N)NC(=O)[C@H](N)CCCN=C(N)N)[C@@H](Cc1ccccc1)C(=O)N[C@@H](CO)C(=O)N1Cc2ccccc2C[C@@H]1C(=O)N1[C@H](C(=O)N[C@@H](CCCN=C(N)N)C(=O)O)C[C@@H]2CCCC[C@@H]21. The average Bonchev–Trinajstić information content (AvgIpc) is 1.53. The Kier molecular flexibility index (Phi) is 26.2. The molecule has 3 saturated heterocycles. The zero-order valence-corrected chi connectivity index (χ0v) is 53.1. The summed E-state index contributed by atoms with van der Waals surface area (Å²) in [5.74, 6) is -8.23. The van der Waals surface area contributed by atoms with Gasteiger partial charge in [-0.15, -0.1) is 0 Å². The van der Waals surface area contributed by atoms with E-state index >= 15 is 9.59 Å². The molecule has 1 aliphatic carbocycles. The van der Waals surface area contributed by atoms with Crippen LogP contribution in [0.1, 0.15) is 107 Å². The number of hydrogen-bond donors (Lipinski definition) is 14. The summed E-state index contributed by atoms with van der Waals surface area (Å²) in [5, 5.41) is 42.7. The van der Waals surface area contributed by atoms with Crippen molar-refractivity contribution in [1.82, 2.24) is 45.8 Å². The van der Waals surface area contributed by atoms with Gasteiger partial charge < -0.3 is 101 Å². The molecule has 4 fully saturated rings. The number of carbonyl (C=O) groups excluding carboxylic acids is 9. The fourth-order valence-corrected chi connectivity index (χ4v) is 13.3. The lowest BCUT2D eigenvalue weighted by molar-refractivity contribution is -0.154. The Labute approximate surface area is 545 Å². The van der Waals surface area contributed by atoms with Gasteiger partial charge in [-0.1, -0.05) is 67.4 Å². The van der Waals surface area contributed by atoms with E-state index in [4.69, 9.17) is 40.1 Å². The molecule has 2 aromatic carbocycles. The van der Waals surface area contributed by atoms with E-state index < -0.39 is 139 Å². The number of hydrogen-bond acceptors (Lipinski definition) is 16. The molecule has 0 radical (unpaired) electrons. The van der Waals surface area contributed by atoms with Gasteiger partial charge in [0, 0.05) is 71.6 Å². The molecule has 5 aliphatic rings. The summed E-state index contributed by atoms with van der Waals surface area (Å²) in [5.41, 5.74) is 41.0. The second-order valence-electron chi connectivity index (χ2n) is 24.7. The van der Waals surface area contributed by atoms with Gasteiger partial charge in [0.05, 0.1) is 25.3 Å². The lowest BCUT2D eigenvalue weighted by Crippen LogP contribution is -2.63. The van der Waals surface area contributed by atoms with Gasteiger partial charge in [-0.25, -0.2) is 4.79 Å². The number of aliphatic carboxylic acids is 1. The number of benzene rings is 2. The number of fused-ring (bicyclic) bond motifs is 2. The second-order valence-corrected chi connectivity index (χ2v) is 24.7. The van der Waals surface area contributed by atoms with Crippen LogP contribution in [0.2, 0.25) is 0 Å². The van der Waals surface area contributed by atoms with Crippen molar-refractivity contribution in [1.29, 1.82) is 0 Å². The van der Waals surface area contributed by atoms with Crippen LogP contribution >= 0.6 is 0 Å². The highest BCUT2D eigenvalue weighted by atomic mass is 16.4. The fourth-order valence-electron chi connectivity index (χ4n) is 13.3. The molecule has 9 amide bonds. The Morgan fingerprint density at radius 1 is 0.628 bits per heavy atom. The van der Waals surface area contributed by atoms with Gasteiger partial charge in [0.2, 0.25) is 53.2 Å². The molecule has 32 heteroatoms. The van der Waals surface area contributed by atoms with Crippen molar-refractivity contribution >= 4 is 77.0 Å². The first-order valence-electron chi connectivity index (χ1n) is 32.1. The quantitative estimate of drug-likeness (QED) is 0.0198. The van der Waals surface area contributed by atoms with Crippen molar-refractivity contribution in [3.05, 3.63) is 71.3 Å². The van der Waals surface area contributed by atoms with Crippen molar-refractivity contribution in [3.63, 3.8) is 0 Å². The largest absolute Gasteiger partial charge is 0.480 e. The summed E-state index contributed by atoms with van der Waals surface area (Å²) < 4.78 is 0. The molecule has 94 heavy (non-hydrogen) atoms. The van der Waals surface area contributed by atoms with Crippen LogP contribution in [0.5, 0.6) is 0 Å². The molecule has 32 nitrogen and oxygen atoms in total. The smallest absolute Gasteiger partial charge is 0.326 e. The maximum absolute atomic E-state index is 15.4. The first-order valence-corrected chi connectivity index (χ1v) is 32.1. The molecular weight excluding hydrogens is 1220 g/mol. The molecule has 514 valence electrons. The number of likely N-dealkylation sites (tertiary alicyclic amines) is 3. The van der Waals surface area contributed by atoms with Gasteiger partial charge in [0.25, 0.3) is 0 Å². The summed E-state index contributed by atoms with van der Waals surface area (Å²) in [7, 11) is 1.32. The highest BCUT2D eigenvalue weighted by Gasteiger charge is 2.52. The number of β-amino-alcohol motifs (C(OH)–C–C–N with tert-alkyl or cyclic N) is 1. The van der Waals surface area contributed by atoms with Crippen LogP contribution in [-0.4, -0.2) is 236 Å². The molecule has 21 N–H and O–H groups in total. The number of guanidine groups is 3. The van der Waals surface area contributed by atoms with E-state index in [2.05, 4.69) is 36.2 Å². The summed E-state index contributed by atoms with van der Waals surface area (Å²) >= 11 is 0. The predicted molar refractivity (Wildman–Crippen MR) is 344 cm³/mol. The number of aliphatic hydroxyl groups is 2. The Morgan fingerprint density at radius 2 is 1.22 bits per heavy atom. The number of carboxylic acids is 1. The molecule has 7 rings (SSSR count). The number of nitrogens with two attached hydrogens (primary N) is 7. The third kappa shape index (κ3) is 19.0. The highest BCUT2D eigenvalue weighted by Crippen LogP contribution is 2.41. The number of aliphatic hydroxyl groups excluding tert-OH is 2. The van der Waals surface area contributed by atoms with Gasteiger partial charge in [-0.3, -0.25) is 58.1 Å². The van der Waals surface area contributed by atoms with Crippen LogP contribution in [0.4, 0.5) is 0 Å². The molecule has 12 atom stereocenters. The molecule has 0 aromatic heterocycles. The third-order valence-electron chi connectivity index (χ3n) is 18.2. The van der Waals surface area contributed by atoms with Gasteiger partial charge >= 0.3 is 5.97 Å². The summed E-state index contributed by atoms with van der Waals surface area (Å²) in [6.07, 6.45) is 3.37. The fraction of sp³-hybridized carbons (Fsp3) is 0.597. The minimum atomic E-state index is -1.68. The van der Waals surface area contributed by atoms with E-state index in [0.29, 0.717) is 30.4 Å². The van der Waals surface area contributed by atoms with Gasteiger partial charge in [0.15, 0.2) is 17.9 Å². The number of rotatable bonds is 30. The highest BCUT2D eigenvalue weighted by molar-refractivity contribution is 5.99. The van der Waals surface area contributed by atoms with Crippen LogP contribution in [0.15, 0.2) is 69.6 Å². The van der Waals surface area contributed by atoms with Crippen LogP contribution in [0.25, 0.3) is 0 Å². The predicted octanol–water partition coefficient (Wildman–Crippen LogP) is -4.74. The van der Waals surface area contributed by atoms with Crippen molar-refractivity contribution in [2.75, 3.05) is 52.9 Å². The summed E-state index contributed by atoms with van der Waals surface area (Å²) in [6.45, 7) is -1.46. The summed E-state index contributed by atoms with van der Waals surface area (Å²) in [6, 6.07) is 4.10. The molecule has 1 saturated carbocycles. The van der Waals surface area contributed by atoms with Crippen LogP contribution < -0.4 is 61.4 Å². The number of nitrogens with one attached hydrogen (secondary N) is 4. The Bertz CT molecular complexity index is 3120. The van der Waals surface area contributed by atoms with E-state index in [1.807, 2.05) is 6.07 Å². The number of carbonyl (C=O) groups is 10. The lowest BCUT2D eigenvalue weighted by Gasteiger charge is -2.42. The number of nitrogens with zero attached hydrogens (tertiary/aromatic N) is 8. The maximum atomic E-state index is 15.4. The molecule has 0 unspecified atom stereocenters. The first-order chi connectivity index (χ1) is 44.9. The first kappa shape index (κ1) is 72.3. The van der Waals surface area contributed by atoms with E-state index in [-0.39, 0.29) is 127 Å². The minimum absolute atomic E-state index is 0.00170. The van der Waals surface area contributed by atoms with E-state index in [1.165, 1.54) is 21.7 Å². The number of aliphatic imine (C=N–C) groups is 3. The maximum Gasteiger partial charge on any atom is 0.326 e. The second kappa shape index (κ2) is 34.1. The summed E-state index contributed by atoms with van der Waals surface area (Å²) in [4.78, 5) is 161. The van der Waals surface area contributed by atoms with E-state index in [0.717, 1.165) is 34.6 Å². The lowest BCUT2D eigenvalue weighted by atomic mass is 9.84. The minimum Gasteiger partial charge on any atom is -0.480 e. The van der Waals surface area contributed by atoms with E-state index in [1.54, 1.807) is 48.5 Å². The molecule has 0 bridgehead atoms. The Morgan fingerprint density at radius 3 is 1.86 bits per heavy atom. The molecule has 4 heterocycles. The normalized spacial score (nSPS) is 22.1. The van der Waals surface area contributed by atoms with Gasteiger partial charge in [-0.2, -0.15) is 0 Å². The van der Waals surface area contributed by atoms with Crippen LogP contribution in [0, 0.1) is 5.92 Å². The van der Waals surface area contributed by atoms with Crippen molar-refractivity contribution < 1.29 is 63.3 Å². The molecular formula is C62H93N19O13. The van der Waals surface area contributed by atoms with Crippen LogP contribution in [-0.2, 0) is 67.3 Å². The average molecular weight is 1310 g/mol. The van der Waals surface area contributed by atoms with Crippen LogP contribution in [0.3, 0.4) is 0 Å². The van der Waals surface area contributed by atoms with E-state index in [9.17, 15) is 53.7 Å². The standard InChI is InChI=1S/C62H93N19O13/c1-77(50(84)31-73-52(86)47-30-39(83)33-80(47)57(91)45-22-12-26-78(45)55(89)41(19-10-24-71-61(66)67)74-51(85)40(63)18-9-23-70-60(64)65)46(27-35-13-3-2-4-14-35)53(87)76-43(34-82)56(90)79-32-38-17-6-5-15-36(38)28-49(79)58(92)81-44-21-8-7-16-37(44)29-48(81)54(88)75-42(59(93)94)20-11-25-72-62(68)69/h2-6,13-15,17,37,39-49,82-83H,7-12,16,18-34,63H2,1H3,(H,73,86)(H,74,85)(H,75,88)(H,76,87)(H,93,94)(H4,64,65,70)(H4,66,67,71)(H4,68,69,72)/t37-,39+,40+,41-,42-,43-,44-,45-,46-,47-,48-,49+/m0/s1. The van der Waals surface area contributed by atoms with Gasteiger partial charge in [-0.05, 0) is 93.2 Å². The van der Waals surface area contributed by atoms with Gasteiger partial charge in [0.1, 0.15) is 48.3 Å². The van der Waals surface area contributed by atoms with Crippen molar-refractivity contribution in [3.8, 4) is 0 Å². The zero-order valence-electron chi connectivity index (χ0n) is 53.1. The number of likely N-dealkylation sites (N-methyl/N-ethyl adjacent to an activating group) is 1. The molecule has 0 spiro atoms. The molecule has 4 aliphatic heterocycles.